The first-order valence-electron chi connectivity index (χ1n) is 7.01. The van der Waals surface area contributed by atoms with E-state index in [-0.39, 0.29) is 18.1 Å². The predicted octanol–water partition coefficient (Wildman–Crippen LogP) is 1.08. The van der Waals surface area contributed by atoms with Crippen molar-refractivity contribution >= 4 is 15.7 Å². The molecule has 0 bridgehead atoms. The maximum Gasteiger partial charge on any atom is 0.236 e. The number of nitrogens with two attached hydrogens (primary N) is 1. The number of amides is 1. The zero-order chi connectivity index (χ0) is 14.9. The third-order valence-electron chi connectivity index (χ3n) is 3.24. The Labute approximate surface area is 117 Å². The average Bonchev–Trinajstić information content (AvgIpc) is 2.35. The Kier molecular flexibility index (Phi) is 9.01. The molecule has 0 aliphatic carbocycles. The fourth-order valence-corrected chi connectivity index (χ4v) is 2.47. The number of sulfone groups is 1. The van der Waals surface area contributed by atoms with E-state index in [9.17, 15) is 13.2 Å². The number of carbonyl (C=O) groups is 1. The molecule has 19 heavy (non-hydrogen) atoms. The molecule has 2 atom stereocenters. The third-order valence-corrected chi connectivity index (χ3v) is 4.22. The molecule has 0 radical (unpaired) electrons. The standard InChI is InChI=1S/C13H28N2O3S/c1-4-6-7-11(5-2)10-15-13(16)12(14)8-9-19(3,17)18/h11-12H,4-10,14H2,1-3H3,(H,15,16). The maximum absolute atomic E-state index is 11.7. The molecule has 0 fully saturated rings. The Morgan fingerprint density at radius 2 is 1.89 bits per heavy atom. The topological polar surface area (TPSA) is 89.3 Å². The minimum absolute atomic E-state index is 0.0470. The molecule has 0 saturated carbocycles. The number of unbranched alkanes of at least 4 members (excludes halogenated alkanes) is 1. The quantitative estimate of drug-likeness (QED) is 0.630. The van der Waals surface area contributed by atoms with Gasteiger partial charge >= 0.3 is 0 Å². The van der Waals surface area contributed by atoms with Gasteiger partial charge in [0.1, 0.15) is 9.84 Å². The van der Waals surface area contributed by atoms with Crippen molar-refractivity contribution in [1.29, 1.82) is 0 Å². The average molecular weight is 292 g/mol. The molecule has 0 aliphatic rings. The van der Waals surface area contributed by atoms with Crippen LogP contribution in [-0.2, 0) is 14.6 Å². The molecule has 0 aliphatic heterocycles. The highest BCUT2D eigenvalue weighted by Crippen LogP contribution is 2.11. The smallest absolute Gasteiger partial charge is 0.236 e. The first-order chi connectivity index (χ1) is 8.80. The van der Waals surface area contributed by atoms with E-state index in [0.29, 0.717) is 12.5 Å². The zero-order valence-electron chi connectivity index (χ0n) is 12.3. The molecule has 1 amide bonds. The Morgan fingerprint density at radius 3 is 2.37 bits per heavy atom. The lowest BCUT2D eigenvalue weighted by atomic mass is 9.99. The highest BCUT2D eigenvalue weighted by atomic mass is 32.2. The Hall–Kier alpha value is -0.620. The predicted molar refractivity (Wildman–Crippen MR) is 78.6 cm³/mol. The lowest BCUT2D eigenvalue weighted by Gasteiger charge is -2.17. The van der Waals surface area contributed by atoms with Crippen LogP contribution in [0.2, 0.25) is 0 Å². The van der Waals surface area contributed by atoms with E-state index in [4.69, 9.17) is 5.73 Å². The van der Waals surface area contributed by atoms with E-state index < -0.39 is 15.9 Å². The summed E-state index contributed by atoms with van der Waals surface area (Å²) >= 11 is 0. The molecule has 6 heteroatoms. The molecule has 114 valence electrons. The maximum atomic E-state index is 11.7. The van der Waals surface area contributed by atoms with Crippen molar-refractivity contribution in [2.45, 2.75) is 52.0 Å². The third kappa shape index (κ3) is 9.90. The van der Waals surface area contributed by atoms with Gasteiger partial charge < -0.3 is 11.1 Å². The number of carbonyl (C=O) groups excluding carboxylic acids is 1. The summed E-state index contributed by atoms with van der Waals surface area (Å²) in [5, 5.41) is 2.82. The molecule has 2 unspecified atom stereocenters. The lowest BCUT2D eigenvalue weighted by Crippen LogP contribution is -2.43. The molecule has 0 heterocycles. The minimum atomic E-state index is -3.06. The van der Waals surface area contributed by atoms with Crippen LogP contribution >= 0.6 is 0 Å². The van der Waals surface area contributed by atoms with Crippen LogP contribution in [-0.4, -0.2) is 38.9 Å². The van der Waals surface area contributed by atoms with Gasteiger partial charge in [0.2, 0.25) is 5.91 Å². The first-order valence-corrected chi connectivity index (χ1v) is 9.07. The molecular formula is C13H28N2O3S. The number of rotatable bonds is 10. The fourth-order valence-electron chi connectivity index (χ4n) is 1.79. The van der Waals surface area contributed by atoms with E-state index in [0.717, 1.165) is 31.9 Å². The molecule has 5 nitrogen and oxygen atoms in total. The summed E-state index contributed by atoms with van der Waals surface area (Å²) in [5.74, 6) is 0.179. The van der Waals surface area contributed by atoms with Crippen molar-refractivity contribution in [2.24, 2.45) is 11.7 Å². The van der Waals surface area contributed by atoms with Gasteiger partial charge in [0, 0.05) is 12.8 Å². The Balaban J connectivity index is 4.01. The SMILES string of the molecule is CCCCC(CC)CNC(=O)C(N)CCS(C)(=O)=O. The van der Waals surface area contributed by atoms with Gasteiger partial charge in [0.25, 0.3) is 0 Å². The number of nitrogens with one attached hydrogen (secondary N) is 1. The fraction of sp³-hybridized carbons (Fsp3) is 0.923. The summed E-state index contributed by atoms with van der Waals surface area (Å²) < 4.78 is 22.0. The molecule has 0 aromatic rings. The van der Waals surface area contributed by atoms with Crippen LogP contribution in [0.15, 0.2) is 0 Å². The summed E-state index contributed by atoms with van der Waals surface area (Å²) in [5.41, 5.74) is 5.68. The minimum Gasteiger partial charge on any atom is -0.354 e. The molecule has 3 N–H and O–H groups in total. The second-order valence-corrected chi connectivity index (χ2v) is 7.45. The van der Waals surface area contributed by atoms with Gasteiger partial charge in [-0.3, -0.25) is 4.79 Å². The van der Waals surface area contributed by atoms with Crippen LogP contribution in [0.25, 0.3) is 0 Å². The lowest BCUT2D eigenvalue weighted by molar-refractivity contribution is -0.122. The van der Waals surface area contributed by atoms with Crippen LogP contribution in [0.3, 0.4) is 0 Å². The van der Waals surface area contributed by atoms with Crippen LogP contribution in [0, 0.1) is 5.92 Å². The van der Waals surface area contributed by atoms with Gasteiger partial charge in [-0.25, -0.2) is 8.42 Å². The Morgan fingerprint density at radius 1 is 1.26 bits per heavy atom. The summed E-state index contributed by atoms with van der Waals surface area (Å²) in [4.78, 5) is 11.7. The monoisotopic (exact) mass is 292 g/mol. The van der Waals surface area contributed by atoms with Crippen molar-refractivity contribution in [3.8, 4) is 0 Å². The molecular weight excluding hydrogens is 264 g/mol. The van der Waals surface area contributed by atoms with Crippen LogP contribution < -0.4 is 11.1 Å². The normalized spacial score (nSPS) is 14.9. The molecule has 0 rings (SSSR count). The summed E-state index contributed by atoms with van der Waals surface area (Å²) in [6.07, 6.45) is 5.77. The van der Waals surface area contributed by atoms with Crippen LogP contribution in [0.1, 0.15) is 46.0 Å². The van der Waals surface area contributed by atoms with Crippen LogP contribution in [0.4, 0.5) is 0 Å². The molecule has 0 aromatic carbocycles. The van der Waals surface area contributed by atoms with Gasteiger partial charge in [0.15, 0.2) is 0 Å². The van der Waals surface area contributed by atoms with E-state index in [2.05, 4.69) is 19.2 Å². The van der Waals surface area contributed by atoms with E-state index in [1.54, 1.807) is 0 Å². The van der Waals surface area contributed by atoms with Gasteiger partial charge in [-0.05, 0) is 18.8 Å². The Bertz CT molecular complexity index is 355. The van der Waals surface area contributed by atoms with Crippen molar-refractivity contribution in [3.05, 3.63) is 0 Å². The van der Waals surface area contributed by atoms with E-state index >= 15 is 0 Å². The molecule has 0 aromatic heterocycles. The van der Waals surface area contributed by atoms with E-state index in [1.807, 2.05) is 0 Å². The van der Waals surface area contributed by atoms with Gasteiger partial charge in [0.05, 0.1) is 11.8 Å². The number of hydrogen-bond donors (Lipinski definition) is 2. The van der Waals surface area contributed by atoms with E-state index in [1.165, 1.54) is 0 Å². The molecule has 0 spiro atoms. The van der Waals surface area contributed by atoms with Crippen molar-refractivity contribution in [1.82, 2.24) is 5.32 Å². The van der Waals surface area contributed by atoms with Gasteiger partial charge in [-0.1, -0.05) is 33.1 Å². The summed E-state index contributed by atoms with van der Waals surface area (Å²) in [7, 11) is -3.06. The number of hydrogen-bond acceptors (Lipinski definition) is 4. The summed E-state index contributed by atoms with van der Waals surface area (Å²) in [6, 6.07) is -0.738. The highest BCUT2D eigenvalue weighted by molar-refractivity contribution is 7.90. The largest absolute Gasteiger partial charge is 0.354 e. The van der Waals surface area contributed by atoms with Gasteiger partial charge in [-0.15, -0.1) is 0 Å². The zero-order valence-corrected chi connectivity index (χ0v) is 13.1. The summed E-state index contributed by atoms with van der Waals surface area (Å²) in [6.45, 7) is 4.88. The second kappa shape index (κ2) is 9.31. The van der Waals surface area contributed by atoms with Crippen molar-refractivity contribution < 1.29 is 13.2 Å². The van der Waals surface area contributed by atoms with Crippen molar-refractivity contribution in [3.63, 3.8) is 0 Å². The second-order valence-electron chi connectivity index (χ2n) is 5.19. The highest BCUT2D eigenvalue weighted by Gasteiger charge is 2.16. The first kappa shape index (κ1) is 18.4. The molecule has 0 saturated heterocycles. The van der Waals surface area contributed by atoms with Gasteiger partial charge in [-0.2, -0.15) is 0 Å². The van der Waals surface area contributed by atoms with Crippen molar-refractivity contribution in [2.75, 3.05) is 18.6 Å². The van der Waals surface area contributed by atoms with Crippen LogP contribution in [0.5, 0.6) is 0 Å².